The number of carbonyl (C=O) groups is 2. The van der Waals surface area contributed by atoms with E-state index in [9.17, 15) is 9.59 Å². The molecule has 0 unspecified atom stereocenters. The Bertz CT molecular complexity index is 501. The Balaban J connectivity index is 2.41. The zero-order valence-corrected chi connectivity index (χ0v) is 19.9. The average Bonchev–Trinajstić information content (AvgIpc) is 3.08. The van der Waals surface area contributed by atoms with Crippen molar-refractivity contribution >= 4 is 23.9 Å². The summed E-state index contributed by atoms with van der Waals surface area (Å²) in [5, 5.41) is 0. The topological polar surface area (TPSA) is 34.1 Å². The highest BCUT2D eigenvalue weighted by Gasteiger charge is 2.16. The van der Waals surface area contributed by atoms with E-state index in [4.69, 9.17) is 0 Å². The lowest BCUT2D eigenvalue weighted by atomic mass is 9.96. The molecule has 1 rings (SSSR count). The van der Waals surface area contributed by atoms with Crippen molar-refractivity contribution in [1.29, 1.82) is 0 Å². The second-order valence-electron chi connectivity index (χ2n) is 8.47. The number of hydrogen-bond donors (Lipinski definition) is 0. The maximum Gasteiger partial charge on any atom is 0.160 e. The fraction of sp³-hybridized carbons (Fsp3) is 0.769. The summed E-state index contributed by atoms with van der Waals surface area (Å²) in [6.07, 6.45) is 24.6. The van der Waals surface area contributed by atoms with Crippen LogP contribution in [0, 0.1) is 0 Å². The van der Waals surface area contributed by atoms with E-state index in [1.54, 1.807) is 0 Å². The second kappa shape index (κ2) is 17.9. The summed E-state index contributed by atoms with van der Waals surface area (Å²) in [6.45, 7) is 4.51. The smallest absolute Gasteiger partial charge is 0.160 e. The van der Waals surface area contributed by atoms with Crippen molar-refractivity contribution in [2.45, 2.75) is 129 Å². The molecule has 0 bridgehead atoms. The largest absolute Gasteiger partial charge is 0.297 e. The first-order valence-corrected chi connectivity index (χ1v) is 13.1. The molecule has 0 saturated carbocycles. The SMILES string of the molecule is CCCCCCCCCCc1c(C=O)sc(C=O)c1CCCCCCCCCC. The third-order valence-corrected chi connectivity index (χ3v) is 7.08. The van der Waals surface area contributed by atoms with Crippen LogP contribution in [0.1, 0.15) is 147 Å². The maximum atomic E-state index is 11.5. The molecule has 0 atom stereocenters. The second-order valence-corrected chi connectivity index (χ2v) is 9.56. The van der Waals surface area contributed by atoms with E-state index in [1.807, 2.05) is 0 Å². The van der Waals surface area contributed by atoms with E-state index in [1.165, 1.54) is 112 Å². The number of rotatable bonds is 20. The maximum absolute atomic E-state index is 11.5. The summed E-state index contributed by atoms with van der Waals surface area (Å²) >= 11 is 1.40. The van der Waals surface area contributed by atoms with Crippen LogP contribution >= 0.6 is 11.3 Å². The van der Waals surface area contributed by atoms with E-state index in [-0.39, 0.29) is 0 Å². The first-order valence-electron chi connectivity index (χ1n) is 12.3. The van der Waals surface area contributed by atoms with Crippen molar-refractivity contribution in [3.8, 4) is 0 Å². The molecule has 0 saturated heterocycles. The van der Waals surface area contributed by atoms with Gasteiger partial charge in [0.25, 0.3) is 0 Å². The van der Waals surface area contributed by atoms with Crippen LogP contribution in [0.5, 0.6) is 0 Å². The van der Waals surface area contributed by atoms with E-state index < -0.39 is 0 Å². The molecule has 0 aliphatic carbocycles. The molecule has 0 aliphatic rings. The van der Waals surface area contributed by atoms with Gasteiger partial charge in [-0.15, -0.1) is 11.3 Å². The molecular formula is C26H44O2S. The highest BCUT2D eigenvalue weighted by molar-refractivity contribution is 7.15. The fourth-order valence-corrected chi connectivity index (χ4v) is 5.18. The van der Waals surface area contributed by atoms with Crippen LogP contribution < -0.4 is 0 Å². The summed E-state index contributed by atoms with van der Waals surface area (Å²) in [5.74, 6) is 0. The minimum Gasteiger partial charge on any atom is -0.297 e. The monoisotopic (exact) mass is 420 g/mol. The standard InChI is InChI=1S/C26H44O2S/c1-3-5-7-9-11-13-15-17-19-23-24(26(22-28)29-25(23)21-27)20-18-16-14-12-10-8-6-4-2/h21-22H,3-20H2,1-2H3. The Morgan fingerprint density at radius 3 is 1.14 bits per heavy atom. The molecule has 2 nitrogen and oxygen atoms in total. The Morgan fingerprint density at radius 2 is 0.828 bits per heavy atom. The summed E-state index contributed by atoms with van der Waals surface area (Å²) < 4.78 is 0. The molecule has 0 spiro atoms. The lowest BCUT2D eigenvalue weighted by molar-refractivity contribution is 0.111. The van der Waals surface area contributed by atoms with E-state index >= 15 is 0 Å². The van der Waals surface area contributed by atoms with Gasteiger partial charge >= 0.3 is 0 Å². The number of aldehydes is 2. The van der Waals surface area contributed by atoms with Crippen LogP contribution in [-0.4, -0.2) is 12.6 Å². The van der Waals surface area contributed by atoms with Crippen molar-refractivity contribution in [1.82, 2.24) is 0 Å². The summed E-state index contributed by atoms with van der Waals surface area (Å²) in [6, 6.07) is 0. The van der Waals surface area contributed by atoms with Gasteiger partial charge in [-0.05, 0) is 36.8 Å². The quantitative estimate of drug-likeness (QED) is 0.156. The fourth-order valence-electron chi connectivity index (χ4n) is 4.15. The number of unbranched alkanes of at least 4 members (excludes halogenated alkanes) is 14. The number of hydrogen-bond acceptors (Lipinski definition) is 3. The Hall–Kier alpha value is -0.960. The van der Waals surface area contributed by atoms with E-state index in [2.05, 4.69) is 13.8 Å². The first kappa shape index (κ1) is 26.1. The highest BCUT2D eigenvalue weighted by atomic mass is 32.1. The Kier molecular flexibility index (Phi) is 16.1. The van der Waals surface area contributed by atoms with Gasteiger partial charge < -0.3 is 0 Å². The predicted octanol–water partition coefficient (Wildman–Crippen LogP) is 8.74. The number of carbonyl (C=O) groups excluding carboxylic acids is 2. The van der Waals surface area contributed by atoms with Crippen molar-refractivity contribution in [2.75, 3.05) is 0 Å². The molecule has 0 fully saturated rings. The van der Waals surface area contributed by atoms with Gasteiger partial charge in [0.15, 0.2) is 12.6 Å². The van der Waals surface area contributed by atoms with Gasteiger partial charge in [-0.2, -0.15) is 0 Å². The number of thiophene rings is 1. The van der Waals surface area contributed by atoms with Gasteiger partial charge in [0.2, 0.25) is 0 Å². The summed E-state index contributed by atoms with van der Waals surface area (Å²) in [4.78, 5) is 24.7. The van der Waals surface area contributed by atoms with Crippen LogP contribution in [0.4, 0.5) is 0 Å². The van der Waals surface area contributed by atoms with Gasteiger partial charge in [-0.1, -0.05) is 104 Å². The molecule has 0 amide bonds. The molecule has 1 aromatic heterocycles. The third-order valence-electron chi connectivity index (χ3n) is 5.95. The molecule has 29 heavy (non-hydrogen) atoms. The molecule has 0 N–H and O–H groups in total. The van der Waals surface area contributed by atoms with Gasteiger partial charge in [-0.25, -0.2) is 0 Å². The molecule has 1 heterocycles. The van der Waals surface area contributed by atoms with Crippen LogP contribution in [0.15, 0.2) is 0 Å². The summed E-state index contributed by atoms with van der Waals surface area (Å²) in [7, 11) is 0. The zero-order valence-electron chi connectivity index (χ0n) is 19.1. The predicted molar refractivity (Wildman–Crippen MR) is 128 cm³/mol. The molecule has 1 aromatic rings. The van der Waals surface area contributed by atoms with Crippen LogP contribution in [-0.2, 0) is 12.8 Å². The van der Waals surface area contributed by atoms with Crippen LogP contribution in [0.2, 0.25) is 0 Å². The molecule has 3 heteroatoms. The molecule has 0 aromatic carbocycles. The Labute approximate surface area is 183 Å². The van der Waals surface area contributed by atoms with Crippen LogP contribution in [0.3, 0.4) is 0 Å². The van der Waals surface area contributed by atoms with Gasteiger partial charge in [0.1, 0.15) is 0 Å². The zero-order chi connectivity index (χ0) is 21.2. The Morgan fingerprint density at radius 1 is 0.517 bits per heavy atom. The van der Waals surface area contributed by atoms with Crippen molar-refractivity contribution in [2.24, 2.45) is 0 Å². The highest BCUT2D eigenvalue weighted by Crippen LogP contribution is 2.30. The molecule has 0 aliphatic heterocycles. The van der Waals surface area contributed by atoms with Gasteiger partial charge in [-0.3, -0.25) is 9.59 Å². The first-order chi connectivity index (χ1) is 14.3. The minimum atomic E-state index is 0.796. The van der Waals surface area contributed by atoms with Gasteiger partial charge in [0, 0.05) is 0 Å². The van der Waals surface area contributed by atoms with E-state index in [0.717, 1.165) is 48.0 Å². The molecule has 0 radical (unpaired) electrons. The molecular weight excluding hydrogens is 376 g/mol. The normalized spacial score (nSPS) is 11.1. The summed E-state index contributed by atoms with van der Waals surface area (Å²) in [5.41, 5.74) is 2.36. The van der Waals surface area contributed by atoms with Crippen molar-refractivity contribution in [3.63, 3.8) is 0 Å². The third kappa shape index (κ3) is 11.1. The van der Waals surface area contributed by atoms with E-state index in [0.29, 0.717) is 0 Å². The molecule has 166 valence electrons. The van der Waals surface area contributed by atoms with Gasteiger partial charge in [0.05, 0.1) is 9.75 Å². The lowest BCUT2D eigenvalue weighted by Crippen LogP contribution is -1.97. The minimum absolute atomic E-state index is 0.796. The average molecular weight is 421 g/mol. The van der Waals surface area contributed by atoms with Crippen LogP contribution in [0.25, 0.3) is 0 Å². The lowest BCUT2D eigenvalue weighted by Gasteiger charge is -2.07. The van der Waals surface area contributed by atoms with Crippen molar-refractivity contribution in [3.05, 3.63) is 20.9 Å². The van der Waals surface area contributed by atoms with Crippen molar-refractivity contribution < 1.29 is 9.59 Å².